The van der Waals surface area contributed by atoms with Crippen LogP contribution in [0, 0.1) is 0 Å². The van der Waals surface area contributed by atoms with Crippen molar-refractivity contribution in [1.29, 1.82) is 0 Å². The first-order chi connectivity index (χ1) is 16.8. The summed E-state index contributed by atoms with van der Waals surface area (Å²) < 4.78 is 0. The lowest BCUT2D eigenvalue weighted by Crippen LogP contribution is -2.48. The van der Waals surface area contributed by atoms with E-state index in [1.807, 2.05) is 56.3 Å². The average molecular weight is 517 g/mol. The third-order valence-electron chi connectivity index (χ3n) is 7.74. The van der Waals surface area contributed by atoms with Crippen LogP contribution in [0.1, 0.15) is 63.1 Å². The Morgan fingerprint density at radius 1 is 1.09 bits per heavy atom. The number of rotatable bonds is 8. The maximum absolute atomic E-state index is 13.7. The predicted molar refractivity (Wildman–Crippen MR) is 142 cm³/mol. The average Bonchev–Trinajstić information content (AvgIpc) is 3.30. The molecule has 0 aliphatic carbocycles. The topological polar surface area (TPSA) is 52.7 Å². The molecule has 2 unspecified atom stereocenters. The first-order valence-corrected chi connectivity index (χ1v) is 13.4. The van der Waals surface area contributed by atoms with Crippen molar-refractivity contribution < 1.29 is 9.59 Å². The Balaban J connectivity index is 1.45. The zero-order valence-electron chi connectivity index (χ0n) is 20.6. The Morgan fingerprint density at radius 3 is 2.43 bits per heavy atom. The van der Waals surface area contributed by atoms with Crippen LogP contribution >= 0.6 is 23.2 Å². The van der Waals surface area contributed by atoms with Crippen molar-refractivity contribution in [3.8, 4) is 0 Å². The van der Waals surface area contributed by atoms with Crippen LogP contribution in [-0.2, 0) is 15.0 Å². The van der Waals surface area contributed by atoms with E-state index in [0.29, 0.717) is 34.8 Å². The number of hydrogen-bond donors (Lipinski definition) is 1. The van der Waals surface area contributed by atoms with Gasteiger partial charge in [-0.1, -0.05) is 59.6 Å². The lowest BCUT2D eigenvalue weighted by atomic mass is 9.78. The van der Waals surface area contributed by atoms with Gasteiger partial charge in [0.2, 0.25) is 11.8 Å². The molecule has 2 aliphatic rings. The van der Waals surface area contributed by atoms with Crippen LogP contribution in [-0.4, -0.2) is 53.8 Å². The normalized spacial score (nSPS) is 20.0. The minimum Gasteiger partial charge on any atom is -0.349 e. The number of carbonyl (C=O) groups is 2. The van der Waals surface area contributed by atoms with Crippen LogP contribution in [0.4, 0.5) is 0 Å². The van der Waals surface area contributed by atoms with E-state index in [-0.39, 0.29) is 11.9 Å². The highest BCUT2D eigenvalue weighted by atomic mass is 35.5. The van der Waals surface area contributed by atoms with E-state index < -0.39 is 5.41 Å². The molecule has 0 saturated carbocycles. The highest BCUT2D eigenvalue weighted by Crippen LogP contribution is 2.34. The summed E-state index contributed by atoms with van der Waals surface area (Å²) in [5, 5.41) is 4.16. The van der Waals surface area contributed by atoms with E-state index in [1.165, 1.54) is 0 Å². The molecular formula is C28H35Cl2N3O2. The Morgan fingerprint density at radius 2 is 1.80 bits per heavy atom. The maximum atomic E-state index is 13.7. The van der Waals surface area contributed by atoms with Gasteiger partial charge in [-0.2, -0.15) is 0 Å². The largest absolute Gasteiger partial charge is 0.349 e. The Labute approximate surface area is 218 Å². The predicted octanol–water partition coefficient (Wildman–Crippen LogP) is 5.61. The van der Waals surface area contributed by atoms with Gasteiger partial charge in [0.1, 0.15) is 0 Å². The van der Waals surface area contributed by atoms with Crippen LogP contribution in [0.25, 0.3) is 0 Å². The summed E-state index contributed by atoms with van der Waals surface area (Å²) in [7, 11) is 0. The van der Waals surface area contributed by atoms with E-state index in [9.17, 15) is 9.59 Å². The lowest BCUT2D eigenvalue weighted by Gasteiger charge is -2.38. The highest BCUT2D eigenvalue weighted by molar-refractivity contribution is 6.42. The second-order valence-corrected chi connectivity index (χ2v) is 10.9. The summed E-state index contributed by atoms with van der Waals surface area (Å²) in [5.74, 6) is 0.282. The van der Waals surface area contributed by atoms with Crippen molar-refractivity contribution >= 4 is 35.0 Å². The molecule has 2 aromatic rings. The summed E-state index contributed by atoms with van der Waals surface area (Å²) in [4.78, 5) is 30.4. The number of hydrogen-bond acceptors (Lipinski definition) is 3. The van der Waals surface area contributed by atoms with Gasteiger partial charge >= 0.3 is 0 Å². The van der Waals surface area contributed by atoms with E-state index >= 15 is 0 Å². The Bertz CT molecular complexity index is 1040. The van der Waals surface area contributed by atoms with Crippen LogP contribution in [0.5, 0.6) is 0 Å². The van der Waals surface area contributed by atoms with Gasteiger partial charge in [-0.25, -0.2) is 0 Å². The van der Waals surface area contributed by atoms with Gasteiger partial charge in [0.15, 0.2) is 0 Å². The van der Waals surface area contributed by atoms with E-state index in [4.69, 9.17) is 23.2 Å². The molecule has 2 amide bonds. The van der Waals surface area contributed by atoms with E-state index in [0.717, 1.165) is 56.6 Å². The number of benzene rings is 2. The lowest BCUT2D eigenvalue weighted by molar-refractivity contribution is -0.131. The molecule has 2 fully saturated rings. The van der Waals surface area contributed by atoms with Crippen molar-refractivity contribution in [2.24, 2.45) is 0 Å². The maximum Gasteiger partial charge on any atom is 0.230 e. The first kappa shape index (κ1) is 26.0. The molecule has 2 atom stereocenters. The number of likely N-dealkylation sites (tertiary alicyclic amines) is 2. The first-order valence-electron chi connectivity index (χ1n) is 12.6. The van der Waals surface area contributed by atoms with Crippen molar-refractivity contribution in [1.82, 2.24) is 15.1 Å². The molecule has 2 aliphatic heterocycles. The standard InChI is InChI=1S/C28H35Cl2N3O2/c1-20(21-7-4-3-5-8-21)31-27(35)28(2,22-10-11-24(29)25(30)19-22)14-18-32-16-12-23(13-17-32)33-15-6-9-26(33)34/h3-5,7-8,10-11,19-20,23H,6,9,12-18H2,1-2H3,(H,31,35). The molecule has 188 valence electrons. The molecule has 2 aromatic carbocycles. The van der Waals surface area contributed by atoms with Gasteiger partial charge in [-0.05, 0) is 69.3 Å². The van der Waals surface area contributed by atoms with Gasteiger partial charge in [0.25, 0.3) is 0 Å². The molecule has 0 aromatic heterocycles. The monoisotopic (exact) mass is 515 g/mol. The third kappa shape index (κ3) is 6.02. The molecule has 0 radical (unpaired) electrons. The summed E-state index contributed by atoms with van der Waals surface area (Å²) in [6, 6.07) is 15.7. The SMILES string of the molecule is CC(NC(=O)C(C)(CCN1CCC(N2CCCC2=O)CC1)c1ccc(Cl)c(Cl)c1)c1ccccc1. The van der Waals surface area contributed by atoms with Crippen LogP contribution in [0.3, 0.4) is 0 Å². The van der Waals surface area contributed by atoms with Gasteiger partial charge in [0, 0.05) is 32.1 Å². The number of halogens is 2. The second-order valence-electron chi connectivity index (χ2n) is 10.1. The fraction of sp³-hybridized carbons (Fsp3) is 0.500. The number of carbonyl (C=O) groups excluding carboxylic acids is 2. The van der Waals surface area contributed by atoms with Gasteiger partial charge in [-0.15, -0.1) is 0 Å². The Hall–Kier alpha value is -2.08. The van der Waals surface area contributed by atoms with Crippen molar-refractivity contribution in [3.05, 3.63) is 69.7 Å². The summed E-state index contributed by atoms with van der Waals surface area (Å²) in [5.41, 5.74) is 1.16. The minimum atomic E-state index is -0.765. The summed E-state index contributed by atoms with van der Waals surface area (Å²) in [6.07, 6.45) is 4.32. The smallest absolute Gasteiger partial charge is 0.230 e. The molecule has 2 saturated heterocycles. The van der Waals surface area contributed by atoms with E-state index in [2.05, 4.69) is 15.1 Å². The molecular weight excluding hydrogens is 481 g/mol. The molecule has 2 heterocycles. The molecule has 5 nitrogen and oxygen atoms in total. The van der Waals surface area contributed by atoms with Crippen molar-refractivity contribution in [2.75, 3.05) is 26.2 Å². The minimum absolute atomic E-state index is 0.0233. The van der Waals surface area contributed by atoms with E-state index in [1.54, 1.807) is 6.07 Å². The van der Waals surface area contributed by atoms with Crippen molar-refractivity contribution in [3.63, 3.8) is 0 Å². The van der Waals surface area contributed by atoms with Crippen molar-refractivity contribution in [2.45, 2.75) is 63.5 Å². The summed E-state index contributed by atoms with van der Waals surface area (Å²) in [6.45, 7) is 7.58. The van der Waals surface area contributed by atoms with Crippen LogP contribution in [0.2, 0.25) is 10.0 Å². The fourth-order valence-electron chi connectivity index (χ4n) is 5.30. The number of amides is 2. The third-order valence-corrected chi connectivity index (χ3v) is 8.48. The van der Waals surface area contributed by atoms with Gasteiger partial charge in [-0.3, -0.25) is 9.59 Å². The number of nitrogens with zero attached hydrogens (tertiary/aromatic N) is 2. The number of nitrogens with one attached hydrogen (secondary N) is 1. The fourth-order valence-corrected chi connectivity index (χ4v) is 5.60. The molecule has 4 rings (SSSR count). The van der Waals surface area contributed by atoms with Crippen LogP contribution in [0.15, 0.2) is 48.5 Å². The zero-order chi connectivity index (χ0) is 25.0. The molecule has 0 bridgehead atoms. The number of piperidine rings is 1. The second kappa shape index (κ2) is 11.3. The highest BCUT2D eigenvalue weighted by Gasteiger charge is 2.37. The van der Waals surface area contributed by atoms with Gasteiger partial charge < -0.3 is 15.1 Å². The van der Waals surface area contributed by atoms with Crippen LogP contribution < -0.4 is 5.32 Å². The molecule has 7 heteroatoms. The molecule has 35 heavy (non-hydrogen) atoms. The Kier molecular flexibility index (Phi) is 8.41. The van der Waals surface area contributed by atoms with Gasteiger partial charge in [0.05, 0.1) is 21.5 Å². The quantitative estimate of drug-likeness (QED) is 0.497. The molecule has 1 N–H and O–H groups in total. The summed E-state index contributed by atoms with van der Waals surface area (Å²) >= 11 is 12.5. The zero-order valence-corrected chi connectivity index (χ0v) is 22.1. The molecule has 0 spiro atoms.